The van der Waals surface area contributed by atoms with Gasteiger partial charge in [0, 0.05) is 12.1 Å². The van der Waals surface area contributed by atoms with Gasteiger partial charge in [0.15, 0.2) is 0 Å². The maximum absolute atomic E-state index is 12.7. The summed E-state index contributed by atoms with van der Waals surface area (Å²) < 4.78 is 40.7. The van der Waals surface area contributed by atoms with Gasteiger partial charge in [-0.15, -0.1) is 0 Å². The zero-order chi connectivity index (χ0) is 22.5. The van der Waals surface area contributed by atoms with E-state index >= 15 is 0 Å². The summed E-state index contributed by atoms with van der Waals surface area (Å²) >= 11 is 0. The van der Waals surface area contributed by atoms with Gasteiger partial charge in [-0.3, -0.25) is 23.9 Å². The number of rotatable bonds is 6. The lowest BCUT2D eigenvalue weighted by Gasteiger charge is -2.59. The molecule has 1 aromatic carbocycles. The van der Waals surface area contributed by atoms with Crippen LogP contribution in [0.15, 0.2) is 41.3 Å². The highest BCUT2D eigenvalue weighted by molar-refractivity contribution is 7.86. The number of methoxy groups -OCH3 is 2. The Morgan fingerprint density at radius 1 is 1.00 bits per heavy atom. The van der Waals surface area contributed by atoms with E-state index in [2.05, 4.69) is 0 Å². The van der Waals surface area contributed by atoms with Gasteiger partial charge >= 0.3 is 11.9 Å². The van der Waals surface area contributed by atoms with Crippen LogP contribution >= 0.6 is 0 Å². The molecule has 0 saturated heterocycles. The molecular weight excluding hydrogens is 430 g/mol. The zero-order valence-electron chi connectivity index (χ0n) is 16.7. The summed E-state index contributed by atoms with van der Waals surface area (Å²) in [4.78, 5) is 34.9. The highest BCUT2D eigenvalue weighted by Crippen LogP contribution is 2.61. The number of carbonyl (C=O) groups excluding carboxylic acids is 2. The number of esters is 2. The average Bonchev–Trinajstić information content (AvgIpc) is 2.75. The van der Waals surface area contributed by atoms with E-state index < -0.39 is 50.8 Å². The molecule has 0 aromatic heterocycles. The van der Waals surface area contributed by atoms with Crippen molar-refractivity contribution in [3.63, 3.8) is 0 Å². The van der Waals surface area contributed by atoms with E-state index in [9.17, 15) is 28.1 Å². The van der Waals surface area contributed by atoms with E-state index in [1.165, 1.54) is 14.2 Å². The van der Waals surface area contributed by atoms with Gasteiger partial charge in [0.1, 0.15) is 0 Å². The molecule has 0 unspecified atom stereocenters. The van der Waals surface area contributed by atoms with E-state index in [-0.39, 0.29) is 28.3 Å². The Bertz CT molecular complexity index is 1050. The lowest BCUT2D eigenvalue weighted by molar-refractivity contribution is -0.384. The van der Waals surface area contributed by atoms with Crippen molar-refractivity contribution in [2.24, 2.45) is 35.5 Å². The Morgan fingerprint density at radius 3 is 2.10 bits per heavy atom. The van der Waals surface area contributed by atoms with Gasteiger partial charge in [0.05, 0.1) is 42.0 Å². The molecule has 31 heavy (non-hydrogen) atoms. The Morgan fingerprint density at radius 2 is 1.55 bits per heavy atom. The Labute approximate surface area is 178 Å². The second-order valence-corrected chi connectivity index (χ2v) is 9.53. The summed E-state index contributed by atoms with van der Waals surface area (Å²) in [5, 5.41) is 10.8. The summed E-state index contributed by atoms with van der Waals surface area (Å²) in [6, 6.07) is 4.45. The molecule has 4 aliphatic carbocycles. The molecule has 11 heteroatoms. The highest BCUT2D eigenvalue weighted by Gasteiger charge is 2.64. The lowest BCUT2D eigenvalue weighted by atomic mass is 9.45. The van der Waals surface area contributed by atoms with Gasteiger partial charge in [-0.1, -0.05) is 12.2 Å². The quantitative estimate of drug-likeness (QED) is 0.208. The summed E-state index contributed by atoms with van der Waals surface area (Å²) in [6.45, 7) is 0. The third kappa shape index (κ3) is 3.41. The van der Waals surface area contributed by atoms with Crippen LogP contribution in [0.3, 0.4) is 0 Å². The van der Waals surface area contributed by atoms with Crippen LogP contribution in [0.4, 0.5) is 5.69 Å². The first kappa shape index (κ1) is 21.4. The Kier molecular flexibility index (Phi) is 5.34. The van der Waals surface area contributed by atoms with E-state index in [0.29, 0.717) is 6.42 Å². The van der Waals surface area contributed by atoms with Gasteiger partial charge in [0.25, 0.3) is 15.8 Å². The van der Waals surface area contributed by atoms with Crippen LogP contribution in [0.2, 0.25) is 0 Å². The number of nitro benzene ring substituents is 1. The maximum Gasteiger partial charge on any atom is 0.310 e. The maximum atomic E-state index is 12.7. The molecule has 2 saturated carbocycles. The van der Waals surface area contributed by atoms with Crippen LogP contribution in [-0.4, -0.2) is 45.6 Å². The van der Waals surface area contributed by atoms with E-state index in [0.717, 1.165) is 24.3 Å². The van der Waals surface area contributed by atoms with E-state index in [4.69, 9.17) is 13.7 Å². The number of hydrogen-bond donors (Lipinski definition) is 0. The number of hydrogen-bond acceptors (Lipinski definition) is 9. The van der Waals surface area contributed by atoms with Crippen molar-refractivity contribution in [3.8, 4) is 0 Å². The molecule has 10 nitrogen and oxygen atoms in total. The van der Waals surface area contributed by atoms with E-state index in [1.807, 2.05) is 12.2 Å². The summed E-state index contributed by atoms with van der Waals surface area (Å²) in [7, 11) is -1.65. The largest absolute Gasteiger partial charge is 0.469 e. The average molecular weight is 451 g/mol. The normalized spacial score (nSPS) is 33.2. The summed E-state index contributed by atoms with van der Waals surface area (Å²) in [5.41, 5.74) is -0.229. The predicted molar refractivity (Wildman–Crippen MR) is 104 cm³/mol. The van der Waals surface area contributed by atoms with Gasteiger partial charge in [-0.2, -0.15) is 8.42 Å². The van der Waals surface area contributed by atoms with Crippen LogP contribution in [0.1, 0.15) is 6.42 Å². The summed E-state index contributed by atoms with van der Waals surface area (Å²) in [6.07, 6.45) is 3.46. The van der Waals surface area contributed by atoms with Crippen molar-refractivity contribution in [2.75, 3.05) is 14.2 Å². The monoisotopic (exact) mass is 451 g/mol. The van der Waals surface area contributed by atoms with Crippen LogP contribution in [-0.2, 0) is 33.4 Å². The number of allylic oxidation sites excluding steroid dienone is 2. The predicted octanol–water partition coefficient (Wildman–Crippen LogP) is 1.70. The first-order chi connectivity index (χ1) is 14.7. The van der Waals surface area contributed by atoms with Crippen molar-refractivity contribution >= 4 is 27.7 Å². The molecule has 0 heterocycles. The second-order valence-electron chi connectivity index (χ2n) is 7.95. The summed E-state index contributed by atoms with van der Waals surface area (Å²) in [5.74, 6) is -3.47. The molecule has 0 spiro atoms. The van der Waals surface area contributed by atoms with Crippen molar-refractivity contribution in [1.82, 2.24) is 0 Å². The van der Waals surface area contributed by atoms with Gasteiger partial charge in [0.2, 0.25) is 0 Å². The van der Waals surface area contributed by atoms with Crippen LogP contribution in [0, 0.1) is 45.6 Å². The number of nitrogens with zero attached hydrogens (tertiary/aromatic N) is 1. The molecule has 1 aromatic rings. The second kappa shape index (κ2) is 7.72. The minimum atomic E-state index is -4.16. The molecule has 5 rings (SSSR count). The third-order valence-electron chi connectivity index (χ3n) is 6.67. The number of nitro groups is 1. The first-order valence-corrected chi connectivity index (χ1v) is 11.1. The fraction of sp³-hybridized carbons (Fsp3) is 0.500. The number of carbonyl (C=O) groups is 2. The first-order valence-electron chi connectivity index (χ1n) is 9.71. The van der Waals surface area contributed by atoms with Crippen LogP contribution < -0.4 is 0 Å². The molecule has 2 bridgehead atoms. The van der Waals surface area contributed by atoms with Crippen molar-refractivity contribution in [1.29, 1.82) is 0 Å². The van der Waals surface area contributed by atoms with Crippen molar-refractivity contribution in [2.45, 2.75) is 17.4 Å². The molecule has 0 radical (unpaired) electrons. The standard InChI is InChI=1S/C20H21NO9S/c1-28-19(22)17-12-7-8-13(18(17)20(23)29-2)16-14(12)9-15(16)30-31(26,27)11-5-3-10(4-6-11)21(24)25/h3-8,12-18H,9H2,1-2H3/t12-,13+,14+,15-,16-,17+,18+/m1/s1. The molecular formula is C20H21NO9S. The fourth-order valence-electron chi connectivity index (χ4n) is 5.30. The molecule has 0 amide bonds. The highest BCUT2D eigenvalue weighted by atomic mass is 32.2. The number of non-ortho nitro benzene ring substituents is 1. The van der Waals surface area contributed by atoms with Crippen molar-refractivity contribution < 1.29 is 36.6 Å². The Hall–Kier alpha value is -2.79. The van der Waals surface area contributed by atoms with Gasteiger partial charge in [-0.25, -0.2) is 0 Å². The minimum absolute atomic E-state index is 0.0166. The third-order valence-corrected chi connectivity index (χ3v) is 8.02. The van der Waals surface area contributed by atoms with Crippen molar-refractivity contribution in [3.05, 3.63) is 46.5 Å². The van der Waals surface area contributed by atoms with Crippen LogP contribution in [0.25, 0.3) is 0 Å². The smallest absolute Gasteiger partial charge is 0.310 e. The number of ether oxygens (including phenoxy) is 2. The number of fused-ring (bicyclic) bond motifs is 1. The Balaban J connectivity index is 1.57. The molecule has 7 atom stereocenters. The SMILES string of the molecule is COC(=O)[C@H]1[C@@H]2C=C[C@H]([C@@H]1C(=O)OC)[C@@H]1[C@H]2C[C@H]1OS(=O)(=O)c1ccc([N+](=O)[O-])cc1. The van der Waals surface area contributed by atoms with Crippen LogP contribution in [0.5, 0.6) is 0 Å². The van der Waals surface area contributed by atoms with Gasteiger partial charge < -0.3 is 9.47 Å². The van der Waals surface area contributed by atoms with Gasteiger partial charge in [-0.05, 0) is 42.2 Å². The molecule has 166 valence electrons. The molecule has 0 aliphatic heterocycles. The van der Waals surface area contributed by atoms with E-state index in [1.54, 1.807) is 0 Å². The molecule has 2 fully saturated rings. The lowest BCUT2D eigenvalue weighted by Crippen LogP contribution is -2.63. The topological polar surface area (TPSA) is 139 Å². The fourth-order valence-corrected chi connectivity index (χ4v) is 6.41. The zero-order valence-corrected chi connectivity index (χ0v) is 17.6. The molecule has 0 N–H and O–H groups in total. The minimum Gasteiger partial charge on any atom is -0.469 e. The molecule has 4 aliphatic rings. The number of benzene rings is 1.